The number of halogens is 1. The Balaban J connectivity index is 2.27. The molecule has 0 amide bonds. The SMILES string of the molecule is CC/C=C/COCC#Cc1ccc(Cl)cc1. The predicted molar refractivity (Wildman–Crippen MR) is 68.6 cm³/mol. The fourth-order valence-corrected chi connectivity index (χ4v) is 1.21. The highest BCUT2D eigenvalue weighted by Gasteiger charge is 1.86. The van der Waals surface area contributed by atoms with Crippen LogP contribution in [0.3, 0.4) is 0 Å². The van der Waals surface area contributed by atoms with Crippen LogP contribution in [0.5, 0.6) is 0 Å². The Bertz CT molecular complexity index is 381. The monoisotopic (exact) mass is 234 g/mol. The van der Waals surface area contributed by atoms with Gasteiger partial charge in [-0.25, -0.2) is 0 Å². The summed E-state index contributed by atoms with van der Waals surface area (Å²) in [5, 5.41) is 0.728. The number of allylic oxidation sites excluding steroid dienone is 1. The van der Waals surface area contributed by atoms with Gasteiger partial charge in [-0.15, -0.1) is 0 Å². The van der Waals surface area contributed by atoms with E-state index in [4.69, 9.17) is 16.3 Å². The Morgan fingerprint density at radius 2 is 2.00 bits per heavy atom. The van der Waals surface area contributed by atoms with Gasteiger partial charge >= 0.3 is 0 Å². The number of ether oxygens (including phenoxy) is 1. The van der Waals surface area contributed by atoms with Gasteiger partial charge in [-0.1, -0.05) is 42.5 Å². The molecule has 0 saturated heterocycles. The summed E-state index contributed by atoms with van der Waals surface area (Å²) in [6.45, 7) is 3.18. The molecule has 1 aromatic rings. The van der Waals surface area contributed by atoms with Gasteiger partial charge in [0.1, 0.15) is 6.61 Å². The van der Waals surface area contributed by atoms with Crippen LogP contribution in [0.15, 0.2) is 36.4 Å². The summed E-state index contributed by atoms with van der Waals surface area (Å²) in [4.78, 5) is 0. The average molecular weight is 235 g/mol. The molecule has 84 valence electrons. The van der Waals surface area contributed by atoms with Crippen molar-refractivity contribution < 1.29 is 4.74 Å². The maximum Gasteiger partial charge on any atom is 0.108 e. The first-order valence-electron chi connectivity index (χ1n) is 5.30. The van der Waals surface area contributed by atoms with Crippen molar-refractivity contribution in [3.05, 3.63) is 47.0 Å². The zero-order valence-electron chi connectivity index (χ0n) is 9.37. The van der Waals surface area contributed by atoms with E-state index in [9.17, 15) is 0 Å². The summed E-state index contributed by atoms with van der Waals surface area (Å²) >= 11 is 5.76. The van der Waals surface area contributed by atoms with E-state index in [1.54, 1.807) is 0 Å². The van der Waals surface area contributed by atoms with Gasteiger partial charge in [0.15, 0.2) is 0 Å². The van der Waals surface area contributed by atoms with Crippen molar-refractivity contribution in [2.24, 2.45) is 0 Å². The van der Waals surface area contributed by atoms with E-state index in [-0.39, 0.29) is 0 Å². The first-order chi connectivity index (χ1) is 7.83. The summed E-state index contributed by atoms with van der Waals surface area (Å²) < 4.78 is 5.29. The van der Waals surface area contributed by atoms with Gasteiger partial charge in [0.25, 0.3) is 0 Å². The molecule has 0 aliphatic carbocycles. The summed E-state index contributed by atoms with van der Waals surface area (Å²) in [6, 6.07) is 7.45. The minimum atomic E-state index is 0.455. The van der Waals surface area contributed by atoms with Gasteiger partial charge in [0, 0.05) is 10.6 Å². The van der Waals surface area contributed by atoms with Crippen LogP contribution in [0.25, 0.3) is 0 Å². The second-order valence-electron chi connectivity index (χ2n) is 3.20. The molecule has 0 atom stereocenters. The fraction of sp³-hybridized carbons (Fsp3) is 0.286. The van der Waals surface area contributed by atoms with Crippen LogP contribution in [0.2, 0.25) is 5.02 Å². The lowest BCUT2D eigenvalue weighted by Gasteiger charge is -1.92. The fourth-order valence-electron chi connectivity index (χ4n) is 1.08. The topological polar surface area (TPSA) is 9.23 Å². The standard InChI is InChI=1S/C14H15ClO/c1-2-3-4-11-16-12-5-6-13-7-9-14(15)10-8-13/h3-4,7-10H,2,11-12H2,1H3/b4-3+. The molecule has 2 heteroatoms. The van der Waals surface area contributed by atoms with Gasteiger partial charge in [0.05, 0.1) is 6.61 Å². The van der Waals surface area contributed by atoms with Crippen molar-refractivity contribution in [2.75, 3.05) is 13.2 Å². The molecular weight excluding hydrogens is 220 g/mol. The molecule has 1 nitrogen and oxygen atoms in total. The molecular formula is C14H15ClO. The van der Waals surface area contributed by atoms with Crippen molar-refractivity contribution in [1.82, 2.24) is 0 Å². The van der Waals surface area contributed by atoms with Gasteiger partial charge in [-0.2, -0.15) is 0 Å². The number of hydrogen-bond donors (Lipinski definition) is 0. The zero-order valence-corrected chi connectivity index (χ0v) is 10.1. The summed E-state index contributed by atoms with van der Waals surface area (Å²) in [6.07, 6.45) is 5.12. The third kappa shape index (κ3) is 5.60. The maximum absolute atomic E-state index is 5.76. The van der Waals surface area contributed by atoms with E-state index in [1.165, 1.54) is 0 Å². The van der Waals surface area contributed by atoms with Crippen LogP contribution in [0.4, 0.5) is 0 Å². The predicted octanol–water partition coefficient (Wildman–Crippen LogP) is 3.67. The van der Waals surface area contributed by atoms with Gasteiger partial charge in [-0.05, 0) is 30.7 Å². The first kappa shape index (κ1) is 12.8. The third-order valence-corrected chi connectivity index (χ3v) is 2.12. The molecule has 0 spiro atoms. The largest absolute Gasteiger partial charge is 0.365 e. The highest BCUT2D eigenvalue weighted by molar-refractivity contribution is 6.30. The molecule has 0 aliphatic rings. The minimum absolute atomic E-state index is 0.455. The molecule has 1 aromatic carbocycles. The van der Waals surface area contributed by atoms with Crippen LogP contribution in [-0.2, 0) is 4.74 Å². The molecule has 16 heavy (non-hydrogen) atoms. The summed E-state index contributed by atoms with van der Waals surface area (Å²) in [5.41, 5.74) is 0.956. The van der Waals surface area contributed by atoms with Crippen LogP contribution in [-0.4, -0.2) is 13.2 Å². The van der Waals surface area contributed by atoms with Crippen molar-refractivity contribution in [2.45, 2.75) is 13.3 Å². The smallest absolute Gasteiger partial charge is 0.108 e. The van der Waals surface area contributed by atoms with E-state index in [0.717, 1.165) is 17.0 Å². The maximum atomic E-state index is 5.76. The molecule has 0 aromatic heterocycles. The Hall–Kier alpha value is -1.23. The van der Waals surface area contributed by atoms with Crippen molar-refractivity contribution >= 4 is 11.6 Å². The molecule has 0 N–H and O–H groups in total. The molecule has 0 radical (unpaired) electrons. The highest BCUT2D eigenvalue weighted by Crippen LogP contribution is 2.08. The van der Waals surface area contributed by atoms with Gasteiger partial charge < -0.3 is 4.74 Å². The van der Waals surface area contributed by atoms with E-state index in [1.807, 2.05) is 30.3 Å². The third-order valence-electron chi connectivity index (χ3n) is 1.87. The van der Waals surface area contributed by atoms with E-state index in [2.05, 4.69) is 24.8 Å². The Morgan fingerprint density at radius 1 is 1.25 bits per heavy atom. The van der Waals surface area contributed by atoms with E-state index in [0.29, 0.717) is 13.2 Å². The van der Waals surface area contributed by atoms with Crippen LogP contribution < -0.4 is 0 Å². The Morgan fingerprint density at radius 3 is 2.69 bits per heavy atom. The zero-order chi connectivity index (χ0) is 11.6. The van der Waals surface area contributed by atoms with Gasteiger partial charge in [0.2, 0.25) is 0 Å². The quantitative estimate of drug-likeness (QED) is 0.439. The van der Waals surface area contributed by atoms with Crippen LogP contribution in [0, 0.1) is 11.8 Å². The normalized spacial score (nSPS) is 10.1. The van der Waals surface area contributed by atoms with E-state index >= 15 is 0 Å². The van der Waals surface area contributed by atoms with Crippen molar-refractivity contribution in [1.29, 1.82) is 0 Å². The second kappa shape index (κ2) is 7.98. The van der Waals surface area contributed by atoms with Crippen LogP contribution >= 0.6 is 11.6 Å². The molecule has 0 bridgehead atoms. The summed E-state index contributed by atoms with van der Waals surface area (Å²) in [5.74, 6) is 5.95. The van der Waals surface area contributed by atoms with Crippen molar-refractivity contribution in [3.63, 3.8) is 0 Å². The highest BCUT2D eigenvalue weighted by atomic mass is 35.5. The lowest BCUT2D eigenvalue weighted by atomic mass is 10.2. The Kier molecular flexibility index (Phi) is 6.41. The summed E-state index contributed by atoms with van der Waals surface area (Å²) in [7, 11) is 0. The lowest BCUT2D eigenvalue weighted by molar-refractivity contribution is 0.199. The average Bonchev–Trinajstić information content (AvgIpc) is 2.30. The minimum Gasteiger partial charge on any atom is -0.365 e. The molecule has 0 aliphatic heterocycles. The van der Waals surface area contributed by atoms with Gasteiger partial charge in [-0.3, -0.25) is 0 Å². The molecule has 0 fully saturated rings. The number of hydrogen-bond acceptors (Lipinski definition) is 1. The molecule has 0 heterocycles. The second-order valence-corrected chi connectivity index (χ2v) is 3.64. The van der Waals surface area contributed by atoms with E-state index < -0.39 is 0 Å². The molecule has 0 saturated carbocycles. The number of benzene rings is 1. The first-order valence-corrected chi connectivity index (χ1v) is 5.68. The lowest BCUT2D eigenvalue weighted by Crippen LogP contribution is -1.90. The van der Waals surface area contributed by atoms with Crippen LogP contribution in [0.1, 0.15) is 18.9 Å². The Labute approximate surface area is 102 Å². The number of rotatable bonds is 4. The molecule has 1 rings (SSSR count). The van der Waals surface area contributed by atoms with Crippen molar-refractivity contribution in [3.8, 4) is 11.8 Å². The molecule has 0 unspecified atom stereocenters.